The van der Waals surface area contributed by atoms with Crippen LogP contribution in [0.3, 0.4) is 0 Å². The highest BCUT2D eigenvalue weighted by atomic mass is 32.2. The van der Waals surface area contributed by atoms with Crippen LogP contribution in [-0.4, -0.2) is 34.1 Å². The Morgan fingerprint density at radius 3 is 2.35 bits per heavy atom. The van der Waals surface area contributed by atoms with Crippen LogP contribution in [-0.2, 0) is 15.8 Å². The van der Waals surface area contributed by atoms with Crippen molar-refractivity contribution in [1.82, 2.24) is 5.48 Å². The number of ether oxygens (including phenoxy) is 2. The van der Waals surface area contributed by atoms with Crippen molar-refractivity contribution in [3.05, 3.63) is 54.1 Å². The first-order valence-electron chi connectivity index (χ1n) is 6.38. The third-order valence-corrected chi connectivity index (χ3v) is 3.19. The van der Waals surface area contributed by atoms with E-state index in [9.17, 15) is 13.6 Å². The van der Waals surface area contributed by atoms with E-state index in [1.165, 1.54) is 32.4 Å². The van der Waals surface area contributed by atoms with Crippen molar-refractivity contribution in [3.63, 3.8) is 0 Å². The van der Waals surface area contributed by atoms with Crippen LogP contribution in [0.25, 0.3) is 0 Å². The summed E-state index contributed by atoms with van der Waals surface area (Å²) in [7, 11) is 2.66. The average Bonchev–Trinajstić information content (AvgIpc) is 2.56. The number of nitrogens with one attached hydrogen (secondary N) is 1. The highest BCUT2D eigenvalue weighted by Crippen LogP contribution is 2.28. The molecule has 0 bridgehead atoms. The molecule has 0 aliphatic rings. The topological polar surface area (TPSA) is 108 Å². The highest BCUT2D eigenvalue weighted by molar-refractivity contribution is 7.79. The number of carbonyl (C=O) groups excluding carboxylic acids is 1. The zero-order valence-corrected chi connectivity index (χ0v) is 13.3. The molecule has 0 amide bonds. The lowest BCUT2D eigenvalue weighted by Gasteiger charge is -2.14. The molecule has 0 aliphatic carbocycles. The molecule has 0 heterocycles. The van der Waals surface area contributed by atoms with E-state index < -0.39 is 17.0 Å². The normalized spacial score (nSPS) is 11.0. The average molecular weight is 338 g/mol. The minimum absolute atomic E-state index is 0.100. The van der Waals surface area contributed by atoms with E-state index in [0.717, 1.165) is 0 Å². The van der Waals surface area contributed by atoms with Crippen molar-refractivity contribution >= 4 is 17.0 Å². The summed E-state index contributed by atoms with van der Waals surface area (Å²) < 4.78 is 32.5. The predicted molar refractivity (Wildman–Crippen MR) is 82.3 cm³/mol. The molecule has 2 aromatic rings. The van der Waals surface area contributed by atoms with Gasteiger partial charge in [-0.3, -0.25) is 4.21 Å². The van der Waals surface area contributed by atoms with Gasteiger partial charge in [-0.1, -0.05) is 18.2 Å². The molecular formula is C15H16NO6S-. The molecule has 0 spiro atoms. The quantitative estimate of drug-likeness (QED) is 0.499. The fourth-order valence-electron chi connectivity index (χ4n) is 1.58. The van der Waals surface area contributed by atoms with Crippen molar-refractivity contribution in [2.75, 3.05) is 14.2 Å². The van der Waals surface area contributed by atoms with E-state index >= 15 is 0 Å². The minimum atomic E-state index is -2.53. The van der Waals surface area contributed by atoms with Crippen LogP contribution in [0.4, 0.5) is 0 Å². The summed E-state index contributed by atoms with van der Waals surface area (Å²) in [5.74, 6) is 0.0464. The molecular weight excluding hydrogens is 322 g/mol. The van der Waals surface area contributed by atoms with Crippen LogP contribution in [0.1, 0.15) is 10.4 Å². The zero-order valence-electron chi connectivity index (χ0n) is 12.5. The molecule has 2 N–H and O–H groups in total. The fraction of sp³-hybridized carbons (Fsp3) is 0.133. The third kappa shape index (κ3) is 5.80. The number of benzene rings is 2. The van der Waals surface area contributed by atoms with E-state index in [1.807, 2.05) is 6.07 Å². The van der Waals surface area contributed by atoms with Gasteiger partial charge in [-0.2, -0.15) is 0 Å². The minimum Gasteiger partial charge on any atom is -0.768 e. The summed E-state index contributed by atoms with van der Waals surface area (Å²) >= 11 is -2.53. The molecule has 0 aromatic heterocycles. The lowest BCUT2D eigenvalue weighted by atomic mass is 10.2. The maximum Gasteiger partial charge on any atom is 0.337 e. The van der Waals surface area contributed by atoms with Gasteiger partial charge in [0.2, 0.25) is 0 Å². The SMILES string of the molecule is CNO.COC(=O)c1ccc(Oc2ccccc2)c(S(=O)[O-])c1. The number of carbonyl (C=O) groups is 1. The van der Waals surface area contributed by atoms with Gasteiger partial charge in [-0.15, -0.1) is 0 Å². The molecule has 0 saturated carbocycles. The fourth-order valence-corrected chi connectivity index (χ4v) is 2.08. The van der Waals surface area contributed by atoms with Crippen LogP contribution in [0.15, 0.2) is 53.4 Å². The lowest BCUT2D eigenvalue weighted by Crippen LogP contribution is -2.03. The molecule has 124 valence electrons. The van der Waals surface area contributed by atoms with Crippen molar-refractivity contribution in [3.8, 4) is 11.5 Å². The number of esters is 1. The molecule has 2 rings (SSSR count). The summed E-state index contributed by atoms with van der Waals surface area (Å²) in [6, 6.07) is 12.8. The first kappa shape index (κ1) is 18.8. The summed E-state index contributed by atoms with van der Waals surface area (Å²) in [5, 5.41) is 7.32. The smallest absolute Gasteiger partial charge is 0.337 e. The van der Waals surface area contributed by atoms with Gasteiger partial charge >= 0.3 is 5.97 Å². The Bertz CT molecular complexity index is 662. The Labute approximate surface area is 136 Å². The summed E-state index contributed by atoms with van der Waals surface area (Å²) in [5.41, 5.74) is 1.90. The summed E-state index contributed by atoms with van der Waals surface area (Å²) in [6.45, 7) is 0. The highest BCUT2D eigenvalue weighted by Gasteiger charge is 2.12. The molecule has 0 saturated heterocycles. The predicted octanol–water partition coefficient (Wildman–Crippen LogP) is 2.10. The second-order valence-corrected chi connectivity index (χ2v) is 4.94. The molecule has 7 nitrogen and oxygen atoms in total. The second-order valence-electron chi connectivity index (χ2n) is 4.03. The molecule has 1 atom stereocenters. The molecule has 23 heavy (non-hydrogen) atoms. The van der Waals surface area contributed by atoms with Crippen LogP contribution in [0.5, 0.6) is 11.5 Å². The number of para-hydroxylation sites is 1. The Hall–Kier alpha value is -2.26. The van der Waals surface area contributed by atoms with Crippen molar-refractivity contribution in [2.24, 2.45) is 0 Å². The Balaban J connectivity index is 0.000000816. The van der Waals surface area contributed by atoms with Crippen LogP contribution in [0, 0.1) is 0 Å². The van der Waals surface area contributed by atoms with Gasteiger partial charge in [0.15, 0.2) is 0 Å². The number of hydroxylamine groups is 1. The second kappa shape index (κ2) is 9.70. The maximum absolute atomic E-state index is 11.4. The van der Waals surface area contributed by atoms with E-state index in [-0.39, 0.29) is 16.2 Å². The van der Waals surface area contributed by atoms with Crippen LogP contribution >= 0.6 is 0 Å². The number of hydrogen-bond donors (Lipinski definition) is 2. The molecule has 0 radical (unpaired) electrons. The van der Waals surface area contributed by atoms with Gasteiger partial charge < -0.3 is 19.2 Å². The van der Waals surface area contributed by atoms with E-state index in [1.54, 1.807) is 29.7 Å². The Kier molecular flexibility index (Phi) is 7.92. The molecule has 1 unspecified atom stereocenters. The number of hydrogen-bond acceptors (Lipinski definition) is 7. The first-order valence-corrected chi connectivity index (χ1v) is 7.46. The molecule has 2 aromatic carbocycles. The van der Waals surface area contributed by atoms with Crippen molar-refractivity contribution in [1.29, 1.82) is 0 Å². The van der Waals surface area contributed by atoms with Crippen LogP contribution < -0.4 is 10.2 Å². The maximum atomic E-state index is 11.4. The Morgan fingerprint density at radius 1 is 1.22 bits per heavy atom. The van der Waals surface area contributed by atoms with Crippen molar-refractivity contribution in [2.45, 2.75) is 4.90 Å². The van der Waals surface area contributed by atoms with Gasteiger partial charge in [0.1, 0.15) is 11.5 Å². The van der Waals surface area contributed by atoms with Gasteiger partial charge in [-0.05, 0) is 41.4 Å². The van der Waals surface area contributed by atoms with Crippen molar-refractivity contribution < 1.29 is 28.2 Å². The molecule has 0 fully saturated rings. The number of methoxy groups -OCH3 is 1. The van der Waals surface area contributed by atoms with E-state index in [2.05, 4.69) is 4.74 Å². The van der Waals surface area contributed by atoms with E-state index in [4.69, 9.17) is 9.94 Å². The van der Waals surface area contributed by atoms with Gasteiger partial charge in [0.05, 0.1) is 17.6 Å². The van der Waals surface area contributed by atoms with Gasteiger partial charge in [0, 0.05) is 7.05 Å². The van der Waals surface area contributed by atoms with Crippen LogP contribution in [0.2, 0.25) is 0 Å². The summed E-state index contributed by atoms with van der Waals surface area (Å²) in [6.07, 6.45) is 0. The summed E-state index contributed by atoms with van der Waals surface area (Å²) in [4.78, 5) is 11.3. The van der Waals surface area contributed by atoms with Gasteiger partial charge in [0.25, 0.3) is 0 Å². The largest absolute Gasteiger partial charge is 0.768 e. The standard InChI is InChI=1S/C14H12O5S.CH5NO/c1-18-14(15)10-7-8-12(13(9-10)20(16)17)19-11-5-3-2-4-6-11;1-2-3/h2-9H,1H3,(H,16,17);2-3H,1H3/p-1. The zero-order chi connectivity index (χ0) is 17.2. The lowest BCUT2D eigenvalue weighted by molar-refractivity contribution is 0.0600. The first-order chi connectivity index (χ1) is 11.0. The molecule has 0 aliphatic heterocycles. The number of rotatable bonds is 4. The monoisotopic (exact) mass is 338 g/mol. The molecule has 8 heteroatoms. The van der Waals surface area contributed by atoms with E-state index in [0.29, 0.717) is 5.75 Å². The van der Waals surface area contributed by atoms with Gasteiger partial charge in [-0.25, -0.2) is 10.3 Å². The third-order valence-electron chi connectivity index (χ3n) is 2.52. The Morgan fingerprint density at radius 2 is 1.83 bits per heavy atom.